The van der Waals surface area contributed by atoms with E-state index < -0.39 is 0 Å². The molecular formula is C16H21Cl2FN4O2. The maximum Gasteiger partial charge on any atom is 0.221 e. The van der Waals surface area contributed by atoms with Crippen LogP contribution in [-0.4, -0.2) is 41.3 Å². The summed E-state index contributed by atoms with van der Waals surface area (Å²) in [5, 5.41) is 6.03. The van der Waals surface area contributed by atoms with Crippen molar-refractivity contribution in [3.63, 3.8) is 0 Å². The van der Waals surface area contributed by atoms with Crippen molar-refractivity contribution in [3.05, 3.63) is 48.3 Å². The van der Waals surface area contributed by atoms with Crippen LogP contribution < -0.4 is 10.6 Å². The lowest BCUT2D eigenvalue weighted by Gasteiger charge is -2.23. The average molecular weight is 391 g/mol. The van der Waals surface area contributed by atoms with Crippen LogP contribution in [-0.2, 0) is 16.1 Å². The molecule has 138 valence electrons. The molecule has 2 aromatic rings. The van der Waals surface area contributed by atoms with Crippen molar-refractivity contribution in [1.82, 2.24) is 20.2 Å². The molecule has 0 saturated carbocycles. The summed E-state index contributed by atoms with van der Waals surface area (Å²) in [7, 11) is 0. The molecule has 0 spiro atoms. The zero-order chi connectivity index (χ0) is 16.1. The molecule has 1 fully saturated rings. The van der Waals surface area contributed by atoms with Crippen molar-refractivity contribution in [3.8, 4) is 5.69 Å². The minimum absolute atomic E-state index is 0. The van der Waals surface area contributed by atoms with Gasteiger partial charge in [-0.1, -0.05) is 6.07 Å². The van der Waals surface area contributed by atoms with Gasteiger partial charge in [-0.05, 0) is 17.7 Å². The number of ether oxygens (including phenoxy) is 1. The fraction of sp³-hybridized carbons (Fsp3) is 0.375. The highest BCUT2D eigenvalue weighted by molar-refractivity contribution is 5.85. The Morgan fingerprint density at radius 3 is 2.92 bits per heavy atom. The molecule has 0 radical (unpaired) electrons. The van der Waals surface area contributed by atoms with Crippen LogP contribution in [0, 0.1) is 5.82 Å². The van der Waals surface area contributed by atoms with Crippen LogP contribution in [0.15, 0.2) is 36.9 Å². The Morgan fingerprint density at radius 2 is 2.28 bits per heavy atom. The number of carbonyl (C=O) groups excluding carboxylic acids is 1. The van der Waals surface area contributed by atoms with Crippen LogP contribution in [0.3, 0.4) is 0 Å². The molecule has 6 nitrogen and oxygen atoms in total. The molecule has 9 heteroatoms. The summed E-state index contributed by atoms with van der Waals surface area (Å²) in [5.41, 5.74) is 1.15. The van der Waals surface area contributed by atoms with Crippen molar-refractivity contribution in [1.29, 1.82) is 0 Å². The molecule has 0 aliphatic carbocycles. The van der Waals surface area contributed by atoms with E-state index >= 15 is 0 Å². The number of nitrogens with zero attached hydrogens (tertiary/aromatic N) is 2. The van der Waals surface area contributed by atoms with E-state index in [1.165, 1.54) is 6.07 Å². The number of nitrogens with one attached hydrogen (secondary N) is 2. The molecule has 2 N–H and O–H groups in total. The lowest BCUT2D eigenvalue weighted by Crippen LogP contribution is -2.44. The lowest BCUT2D eigenvalue weighted by molar-refractivity contribution is -0.122. The van der Waals surface area contributed by atoms with E-state index in [4.69, 9.17) is 4.74 Å². The maximum absolute atomic E-state index is 14.1. The Bertz CT molecular complexity index is 664. The van der Waals surface area contributed by atoms with Crippen molar-refractivity contribution < 1.29 is 13.9 Å². The van der Waals surface area contributed by atoms with E-state index in [2.05, 4.69) is 15.6 Å². The standard InChI is InChI=1S/C16H19FN4O2.2ClH/c17-14-7-12(1-2-15(14)21-5-3-18-11-21)9-20-16(22)8-13-10-23-6-4-19-13;;/h1-3,5,7,11,13,19H,4,6,8-10H2,(H,20,22);2*1H. The summed E-state index contributed by atoms with van der Waals surface area (Å²) in [5.74, 6) is -0.427. The molecule has 1 aliphatic heterocycles. The Balaban J connectivity index is 0.00000156. The molecule has 25 heavy (non-hydrogen) atoms. The average Bonchev–Trinajstić information content (AvgIpc) is 3.08. The quantitative estimate of drug-likeness (QED) is 0.817. The van der Waals surface area contributed by atoms with Crippen molar-refractivity contribution >= 4 is 30.7 Å². The number of hydrogen-bond acceptors (Lipinski definition) is 4. The van der Waals surface area contributed by atoms with Gasteiger partial charge in [-0.15, -0.1) is 24.8 Å². The monoisotopic (exact) mass is 390 g/mol. The molecule has 1 unspecified atom stereocenters. The molecule has 1 aliphatic rings. The van der Waals surface area contributed by atoms with E-state index in [1.54, 1.807) is 35.4 Å². The lowest BCUT2D eigenvalue weighted by atomic mass is 10.1. The third kappa shape index (κ3) is 5.97. The minimum Gasteiger partial charge on any atom is -0.378 e. The molecule has 1 saturated heterocycles. The van der Waals surface area contributed by atoms with Gasteiger partial charge in [0.05, 0.1) is 25.2 Å². The Hall–Kier alpha value is -1.67. The number of aromatic nitrogens is 2. The SMILES string of the molecule is Cl.Cl.O=C(CC1COCCN1)NCc1ccc(-n2ccnc2)c(F)c1. The highest BCUT2D eigenvalue weighted by Crippen LogP contribution is 2.15. The van der Waals surface area contributed by atoms with Gasteiger partial charge in [0, 0.05) is 37.9 Å². The van der Waals surface area contributed by atoms with Gasteiger partial charge in [-0.3, -0.25) is 4.79 Å². The first kappa shape index (κ1) is 21.4. The topological polar surface area (TPSA) is 68.2 Å². The number of rotatable bonds is 5. The second-order valence-corrected chi connectivity index (χ2v) is 5.46. The number of hydrogen-bond donors (Lipinski definition) is 2. The number of carbonyl (C=O) groups is 1. The molecular weight excluding hydrogens is 370 g/mol. The summed E-state index contributed by atoms with van der Waals surface area (Å²) >= 11 is 0. The third-order valence-electron chi connectivity index (χ3n) is 3.71. The van der Waals surface area contributed by atoms with E-state index in [0.717, 1.165) is 6.54 Å². The second kappa shape index (κ2) is 10.4. The maximum atomic E-state index is 14.1. The Morgan fingerprint density at radius 1 is 1.44 bits per heavy atom. The number of halogens is 3. The molecule has 1 aromatic carbocycles. The van der Waals surface area contributed by atoms with Gasteiger partial charge in [0.25, 0.3) is 0 Å². The van der Waals surface area contributed by atoms with Gasteiger partial charge in [0.2, 0.25) is 5.91 Å². The summed E-state index contributed by atoms with van der Waals surface area (Å²) < 4.78 is 21.0. The zero-order valence-electron chi connectivity index (χ0n) is 13.5. The highest BCUT2D eigenvalue weighted by atomic mass is 35.5. The molecule has 0 bridgehead atoms. The van der Waals surface area contributed by atoms with Crippen LogP contribution in [0.5, 0.6) is 0 Å². The van der Waals surface area contributed by atoms with Crippen LogP contribution >= 0.6 is 24.8 Å². The van der Waals surface area contributed by atoms with Gasteiger partial charge in [0.1, 0.15) is 5.82 Å². The van der Waals surface area contributed by atoms with E-state index in [9.17, 15) is 9.18 Å². The smallest absolute Gasteiger partial charge is 0.221 e. The zero-order valence-corrected chi connectivity index (χ0v) is 15.1. The summed E-state index contributed by atoms with van der Waals surface area (Å²) in [6, 6.07) is 4.94. The van der Waals surface area contributed by atoms with Gasteiger partial charge in [-0.25, -0.2) is 9.37 Å². The first-order valence-corrected chi connectivity index (χ1v) is 7.57. The molecule has 1 aromatic heterocycles. The van der Waals surface area contributed by atoms with E-state index in [0.29, 0.717) is 37.4 Å². The largest absolute Gasteiger partial charge is 0.378 e. The third-order valence-corrected chi connectivity index (χ3v) is 3.71. The van der Waals surface area contributed by atoms with Crippen molar-refractivity contribution in [2.45, 2.75) is 19.0 Å². The fourth-order valence-corrected chi connectivity index (χ4v) is 2.52. The normalized spacial score (nSPS) is 16.4. The molecule has 1 atom stereocenters. The minimum atomic E-state index is -0.350. The summed E-state index contributed by atoms with van der Waals surface area (Å²) in [4.78, 5) is 15.8. The van der Waals surface area contributed by atoms with Crippen LogP contribution in [0.4, 0.5) is 4.39 Å². The number of morpholine rings is 1. The number of imidazole rings is 1. The van der Waals surface area contributed by atoms with Gasteiger partial charge < -0.3 is 19.9 Å². The van der Waals surface area contributed by atoms with Gasteiger partial charge in [0.15, 0.2) is 0 Å². The second-order valence-electron chi connectivity index (χ2n) is 5.46. The van der Waals surface area contributed by atoms with E-state index in [-0.39, 0.29) is 42.6 Å². The first-order valence-electron chi connectivity index (χ1n) is 7.57. The van der Waals surface area contributed by atoms with Gasteiger partial charge >= 0.3 is 0 Å². The van der Waals surface area contributed by atoms with Crippen molar-refractivity contribution in [2.24, 2.45) is 0 Å². The van der Waals surface area contributed by atoms with E-state index in [1.807, 2.05) is 0 Å². The molecule has 1 amide bonds. The molecule has 2 heterocycles. The summed E-state index contributed by atoms with van der Waals surface area (Å²) in [6.07, 6.45) is 5.17. The molecule has 3 rings (SSSR count). The Labute approximate surface area is 158 Å². The number of benzene rings is 1. The van der Waals surface area contributed by atoms with Crippen LogP contribution in [0.2, 0.25) is 0 Å². The van der Waals surface area contributed by atoms with Crippen molar-refractivity contribution in [2.75, 3.05) is 19.8 Å². The summed E-state index contributed by atoms with van der Waals surface area (Å²) in [6.45, 7) is 2.29. The fourth-order valence-electron chi connectivity index (χ4n) is 2.52. The van der Waals surface area contributed by atoms with Crippen LogP contribution in [0.1, 0.15) is 12.0 Å². The van der Waals surface area contributed by atoms with Crippen LogP contribution in [0.25, 0.3) is 5.69 Å². The number of amides is 1. The van der Waals surface area contributed by atoms with Gasteiger partial charge in [-0.2, -0.15) is 0 Å². The predicted octanol–water partition coefficient (Wildman–Crippen LogP) is 1.85. The first-order chi connectivity index (χ1) is 11.2. The Kier molecular flexibility index (Phi) is 8.85. The highest BCUT2D eigenvalue weighted by Gasteiger charge is 2.16. The predicted molar refractivity (Wildman–Crippen MR) is 97.1 cm³/mol.